The van der Waals surface area contributed by atoms with E-state index in [1.807, 2.05) is 19.9 Å². The van der Waals surface area contributed by atoms with E-state index >= 15 is 0 Å². The number of nitrogens with zero attached hydrogens (tertiary/aromatic N) is 1. The number of halogens is 1. The topological polar surface area (TPSA) is 100 Å². The predicted molar refractivity (Wildman–Crippen MR) is 111 cm³/mol. The second kappa shape index (κ2) is 9.89. The maximum atomic E-state index is 12.5. The van der Waals surface area contributed by atoms with E-state index < -0.39 is 11.9 Å². The number of ether oxygens (including phenoxy) is 1. The van der Waals surface area contributed by atoms with Gasteiger partial charge in [0, 0.05) is 5.56 Å². The Morgan fingerprint density at radius 1 is 1.21 bits per heavy atom. The number of amides is 2. The second-order valence-corrected chi connectivity index (χ2v) is 7.20. The summed E-state index contributed by atoms with van der Waals surface area (Å²) in [5.41, 5.74) is 3.52. The summed E-state index contributed by atoms with van der Waals surface area (Å²) in [6, 6.07) is 11.1. The fourth-order valence-corrected chi connectivity index (χ4v) is 2.87. The van der Waals surface area contributed by atoms with Gasteiger partial charge in [-0.15, -0.1) is 0 Å². The standard InChI is InChI=1S/C20H22BrN3O4/c1-12(2)17(23-19(26)14-7-5-4-6-8-14)20(27)24-22-11-13-9-15(21)18(25)16(10-13)28-3/h4-12,17,25H,1-3H3,(H,23,26)(H,24,27)/b22-11+. The van der Waals surface area contributed by atoms with Crippen molar-refractivity contribution >= 4 is 34.0 Å². The van der Waals surface area contributed by atoms with Gasteiger partial charge in [0.2, 0.25) is 0 Å². The van der Waals surface area contributed by atoms with Gasteiger partial charge in [0.15, 0.2) is 11.5 Å². The molecule has 1 atom stereocenters. The normalized spacial score (nSPS) is 12.0. The first-order chi connectivity index (χ1) is 13.3. The molecule has 0 radical (unpaired) electrons. The van der Waals surface area contributed by atoms with Crippen molar-refractivity contribution in [1.82, 2.24) is 10.7 Å². The van der Waals surface area contributed by atoms with E-state index in [0.717, 1.165) is 0 Å². The van der Waals surface area contributed by atoms with Crippen LogP contribution in [-0.4, -0.2) is 36.3 Å². The van der Waals surface area contributed by atoms with Gasteiger partial charge in [0.1, 0.15) is 6.04 Å². The Labute approximate surface area is 171 Å². The molecule has 0 heterocycles. The van der Waals surface area contributed by atoms with Crippen LogP contribution in [0.15, 0.2) is 52.0 Å². The lowest BCUT2D eigenvalue weighted by Crippen LogP contribution is -2.48. The van der Waals surface area contributed by atoms with E-state index in [1.54, 1.807) is 36.4 Å². The zero-order valence-corrected chi connectivity index (χ0v) is 17.4. The summed E-state index contributed by atoms with van der Waals surface area (Å²) >= 11 is 3.22. The van der Waals surface area contributed by atoms with Crippen molar-refractivity contribution in [2.75, 3.05) is 7.11 Å². The van der Waals surface area contributed by atoms with E-state index in [9.17, 15) is 14.7 Å². The zero-order chi connectivity index (χ0) is 20.7. The van der Waals surface area contributed by atoms with Gasteiger partial charge in [0.05, 0.1) is 17.8 Å². The number of aromatic hydroxyl groups is 1. The first-order valence-corrected chi connectivity index (χ1v) is 9.38. The molecule has 2 aromatic carbocycles. The molecule has 0 spiro atoms. The molecule has 2 amide bonds. The summed E-state index contributed by atoms with van der Waals surface area (Å²) in [7, 11) is 1.44. The molecule has 0 fully saturated rings. The van der Waals surface area contributed by atoms with Gasteiger partial charge in [-0.2, -0.15) is 5.10 Å². The van der Waals surface area contributed by atoms with E-state index in [2.05, 4.69) is 31.8 Å². The SMILES string of the molecule is COc1cc(/C=N/NC(=O)C(NC(=O)c2ccccc2)C(C)C)cc(Br)c1O. The van der Waals surface area contributed by atoms with Gasteiger partial charge in [-0.1, -0.05) is 32.0 Å². The van der Waals surface area contributed by atoms with Gasteiger partial charge in [0.25, 0.3) is 11.8 Å². The van der Waals surface area contributed by atoms with E-state index in [-0.39, 0.29) is 23.3 Å². The molecule has 7 nitrogen and oxygen atoms in total. The lowest BCUT2D eigenvalue weighted by molar-refractivity contribution is -0.123. The van der Waals surface area contributed by atoms with Crippen LogP contribution in [0.25, 0.3) is 0 Å². The summed E-state index contributed by atoms with van der Waals surface area (Å²) in [4.78, 5) is 24.8. The quantitative estimate of drug-likeness (QED) is 0.448. The molecule has 0 saturated carbocycles. The first kappa shape index (κ1) is 21.4. The zero-order valence-electron chi connectivity index (χ0n) is 15.8. The summed E-state index contributed by atoms with van der Waals surface area (Å²) in [6.45, 7) is 3.67. The Bertz CT molecular complexity index is 869. The molecule has 0 aromatic heterocycles. The summed E-state index contributed by atoms with van der Waals surface area (Å²) in [5, 5.41) is 16.5. The van der Waals surface area contributed by atoms with E-state index in [1.165, 1.54) is 13.3 Å². The summed E-state index contributed by atoms with van der Waals surface area (Å²) < 4.78 is 5.51. The molecule has 2 aromatic rings. The van der Waals surface area contributed by atoms with E-state index in [4.69, 9.17) is 4.74 Å². The van der Waals surface area contributed by atoms with Gasteiger partial charge in [-0.05, 0) is 51.7 Å². The third-order valence-electron chi connectivity index (χ3n) is 3.93. The van der Waals surface area contributed by atoms with Gasteiger partial charge < -0.3 is 15.2 Å². The molecule has 0 aliphatic heterocycles. The number of hydrazone groups is 1. The van der Waals surface area contributed by atoms with Crippen molar-refractivity contribution in [1.29, 1.82) is 0 Å². The highest BCUT2D eigenvalue weighted by atomic mass is 79.9. The van der Waals surface area contributed by atoms with Crippen LogP contribution in [0.5, 0.6) is 11.5 Å². The smallest absolute Gasteiger partial charge is 0.262 e. The Morgan fingerprint density at radius 3 is 2.50 bits per heavy atom. The monoisotopic (exact) mass is 447 g/mol. The molecule has 0 saturated heterocycles. The molecule has 0 aliphatic rings. The van der Waals surface area contributed by atoms with Crippen LogP contribution < -0.4 is 15.5 Å². The molecule has 3 N–H and O–H groups in total. The molecule has 28 heavy (non-hydrogen) atoms. The van der Waals surface area contributed by atoms with Crippen LogP contribution in [0.1, 0.15) is 29.8 Å². The van der Waals surface area contributed by atoms with Crippen molar-refractivity contribution in [2.45, 2.75) is 19.9 Å². The van der Waals surface area contributed by atoms with Crippen LogP contribution in [0.4, 0.5) is 0 Å². The Hall–Kier alpha value is -2.87. The number of phenols is 1. The van der Waals surface area contributed by atoms with Crippen LogP contribution >= 0.6 is 15.9 Å². The number of hydrogen-bond donors (Lipinski definition) is 3. The highest BCUT2D eigenvalue weighted by Gasteiger charge is 2.24. The van der Waals surface area contributed by atoms with Crippen LogP contribution in [0, 0.1) is 5.92 Å². The number of hydrogen-bond acceptors (Lipinski definition) is 5. The molecule has 0 bridgehead atoms. The maximum absolute atomic E-state index is 12.5. The third-order valence-corrected chi connectivity index (χ3v) is 4.54. The van der Waals surface area contributed by atoms with Gasteiger partial charge >= 0.3 is 0 Å². The lowest BCUT2D eigenvalue weighted by atomic mass is 10.0. The number of benzene rings is 2. The second-order valence-electron chi connectivity index (χ2n) is 6.35. The van der Waals surface area contributed by atoms with E-state index in [0.29, 0.717) is 15.6 Å². The maximum Gasteiger partial charge on any atom is 0.262 e. The Morgan fingerprint density at radius 2 is 1.89 bits per heavy atom. The van der Waals surface area contributed by atoms with Crippen molar-refractivity contribution < 1.29 is 19.4 Å². The number of rotatable bonds is 7. The largest absolute Gasteiger partial charge is 0.503 e. The molecule has 1 unspecified atom stereocenters. The number of phenolic OH excluding ortho intramolecular Hbond substituents is 1. The molecule has 0 aliphatic carbocycles. The Kier molecular flexibility index (Phi) is 7.57. The van der Waals surface area contributed by atoms with Crippen molar-refractivity contribution in [3.05, 3.63) is 58.1 Å². The van der Waals surface area contributed by atoms with Crippen molar-refractivity contribution in [3.63, 3.8) is 0 Å². The minimum atomic E-state index is -0.744. The first-order valence-electron chi connectivity index (χ1n) is 8.58. The van der Waals surface area contributed by atoms with Crippen molar-refractivity contribution in [2.24, 2.45) is 11.0 Å². The van der Waals surface area contributed by atoms with Crippen LogP contribution in [-0.2, 0) is 4.79 Å². The average molecular weight is 448 g/mol. The van der Waals surface area contributed by atoms with Gasteiger partial charge in [-0.25, -0.2) is 5.43 Å². The highest BCUT2D eigenvalue weighted by Crippen LogP contribution is 2.34. The summed E-state index contributed by atoms with van der Waals surface area (Å²) in [5.74, 6) is -0.638. The molecular formula is C20H22BrN3O4. The predicted octanol–water partition coefficient (Wildman–Crippen LogP) is 3.07. The van der Waals surface area contributed by atoms with Gasteiger partial charge in [-0.3, -0.25) is 9.59 Å². The van der Waals surface area contributed by atoms with Crippen LogP contribution in [0.2, 0.25) is 0 Å². The number of carbonyl (C=O) groups is 2. The lowest BCUT2D eigenvalue weighted by Gasteiger charge is -2.20. The minimum absolute atomic E-state index is 0.0211. The van der Waals surface area contributed by atoms with Crippen molar-refractivity contribution in [3.8, 4) is 11.5 Å². The Balaban J connectivity index is 2.05. The number of carbonyl (C=O) groups excluding carboxylic acids is 2. The third kappa shape index (κ3) is 5.56. The molecule has 8 heteroatoms. The molecule has 148 valence electrons. The highest BCUT2D eigenvalue weighted by molar-refractivity contribution is 9.10. The fraction of sp³-hybridized carbons (Fsp3) is 0.250. The summed E-state index contributed by atoms with van der Waals surface area (Å²) in [6.07, 6.45) is 1.42. The molecule has 2 rings (SSSR count). The molecular weight excluding hydrogens is 426 g/mol. The fourth-order valence-electron chi connectivity index (χ4n) is 2.41. The number of nitrogens with one attached hydrogen (secondary N) is 2. The minimum Gasteiger partial charge on any atom is -0.503 e. The van der Waals surface area contributed by atoms with Crippen LogP contribution in [0.3, 0.4) is 0 Å². The number of methoxy groups -OCH3 is 1. The average Bonchev–Trinajstić information content (AvgIpc) is 2.68.